The van der Waals surface area contributed by atoms with Crippen LogP contribution in [0, 0.1) is 13.8 Å². The molecular formula is C35H30N4O7. The fourth-order valence-corrected chi connectivity index (χ4v) is 4.01. The van der Waals surface area contributed by atoms with Gasteiger partial charge in [-0.05, 0) is 73.5 Å². The molecule has 0 aliphatic carbocycles. The number of aryl methyl sites for hydroxylation is 2. The number of carbonyl (C=O) groups is 5. The van der Waals surface area contributed by atoms with Gasteiger partial charge in [-0.15, -0.1) is 0 Å². The van der Waals surface area contributed by atoms with Gasteiger partial charge in [0.25, 0.3) is 23.6 Å². The summed E-state index contributed by atoms with van der Waals surface area (Å²) < 4.78 is 12.4. The van der Waals surface area contributed by atoms with Gasteiger partial charge < -0.3 is 20.9 Å². The van der Waals surface area contributed by atoms with Gasteiger partial charge in [0.05, 0.1) is 5.56 Å². The Hall–Kier alpha value is -6.49. The molecule has 4 aromatic rings. The molecule has 0 unspecified atom stereocenters. The van der Waals surface area contributed by atoms with Crippen molar-refractivity contribution in [3.63, 3.8) is 0 Å². The third kappa shape index (κ3) is 8.77. The number of anilines is 2. The molecule has 0 spiro atoms. The van der Waals surface area contributed by atoms with E-state index in [-0.39, 0.29) is 29.4 Å². The average molecular weight is 619 g/mol. The van der Waals surface area contributed by atoms with Gasteiger partial charge in [-0.1, -0.05) is 36.4 Å². The number of hydrogen-bond acceptors (Lipinski definition) is 9. The van der Waals surface area contributed by atoms with Gasteiger partial charge in [-0.2, -0.15) is 0 Å². The van der Waals surface area contributed by atoms with Crippen LogP contribution in [0.4, 0.5) is 11.4 Å². The first kappa shape index (κ1) is 32.4. The van der Waals surface area contributed by atoms with Gasteiger partial charge >= 0.3 is 0 Å². The summed E-state index contributed by atoms with van der Waals surface area (Å²) in [6.45, 7) is 3.81. The Kier molecular flexibility index (Phi) is 10.4. The van der Waals surface area contributed by atoms with Gasteiger partial charge in [0.2, 0.25) is 0 Å². The quantitative estimate of drug-likeness (QED) is 0.136. The zero-order chi connectivity index (χ0) is 33.2. The number of nitrogens with two attached hydrogens (primary N) is 2. The van der Waals surface area contributed by atoms with Crippen LogP contribution in [0.25, 0.3) is 0 Å². The number of benzene rings is 4. The number of ketones is 1. The van der Waals surface area contributed by atoms with Crippen LogP contribution in [-0.2, 0) is 19.2 Å². The molecule has 6 rings (SSSR count). The molecule has 232 valence electrons. The Bertz CT molecular complexity index is 1810. The van der Waals surface area contributed by atoms with E-state index in [9.17, 15) is 24.0 Å². The Morgan fingerprint density at radius 1 is 0.587 bits per heavy atom. The second-order valence-electron chi connectivity index (χ2n) is 9.94. The van der Waals surface area contributed by atoms with Crippen LogP contribution in [-0.4, -0.2) is 29.4 Å². The van der Waals surface area contributed by atoms with Crippen molar-refractivity contribution in [2.75, 3.05) is 11.5 Å². The van der Waals surface area contributed by atoms with E-state index in [2.05, 4.69) is 0 Å². The minimum absolute atomic E-state index is 0.160. The fourth-order valence-electron chi connectivity index (χ4n) is 4.01. The molecule has 0 saturated carbocycles. The van der Waals surface area contributed by atoms with Crippen LogP contribution in [0.3, 0.4) is 0 Å². The number of ether oxygens (including phenoxy) is 2. The standard InChI is InChI=1S/C27H24N2O3.2C4H3NO2/c1-17-15-20(11-13-23(17)28)31-25-10-6-9-22(26(30)19-7-4-3-5-8-19)27(25)32-21-12-14-24(29)18(2)16-21;2*6-3-1-2-4(7)5-3/h3-16H,28-29H2,1-2H3;2*1-2H,(H,5,6,7). The average Bonchev–Trinajstić information content (AvgIpc) is 3.62. The Labute approximate surface area is 264 Å². The predicted octanol–water partition coefficient (Wildman–Crippen LogP) is 4.68. The SMILES string of the molecule is Cc1cc(Oc2cccc(C(=O)c3ccccc3)c2Oc2ccc(N)c(C)c2)ccc1N.O=C1C=CC(=O)N1.O=C1C=CC(=O)N1. The first-order valence-electron chi connectivity index (χ1n) is 13.9. The van der Waals surface area contributed by atoms with Gasteiger partial charge in [0, 0.05) is 41.2 Å². The highest BCUT2D eigenvalue weighted by atomic mass is 16.5. The lowest BCUT2D eigenvalue weighted by molar-refractivity contribution is -0.125. The van der Waals surface area contributed by atoms with Crippen molar-refractivity contribution in [3.05, 3.63) is 131 Å². The second-order valence-corrected chi connectivity index (χ2v) is 9.94. The molecule has 6 N–H and O–H groups in total. The van der Waals surface area contributed by atoms with Gasteiger partial charge in [0.1, 0.15) is 11.5 Å². The lowest BCUT2D eigenvalue weighted by Gasteiger charge is -2.17. The third-order valence-electron chi connectivity index (χ3n) is 6.45. The minimum atomic E-state index is -0.329. The molecule has 0 bridgehead atoms. The molecular weight excluding hydrogens is 588 g/mol. The Morgan fingerprint density at radius 2 is 1.07 bits per heavy atom. The summed E-state index contributed by atoms with van der Waals surface area (Å²) in [6, 6.07) is 25.1. The molecule has 0 aromatic heterocycles. The van der Waals surface area contributed by atoms with Gasteiger partial charge in [-0.3, -0.25) is 34.6 Å². The smallest absolute Gasteiger partial charge is 0.250 e. The van der Waals surface area contributed by atoms with Crippen LogP contribution in [0.1, 0.15) is 27.0 Å². The maximum Gasteiger partial charge on any atom is 0.250 e. The largest absolute Gasteiger partial charge is 0.453 e. The van der Waals surface area contributed by atoms with Crippen molar-refractivity contribution in [1.82, 2.24) is 10.6 Å². The summed E-state index contributed by atoms with van der Waals surface area (Å²) in [4.78, 5) is 53.4. The predicted molar refractivity (Wildman–Crippen MR) is 172 cm³/mol. The summed E-state index contributed by atoms with van der Waals surface area (Å²) in [5.74, 6) is 0.435. The molecule has 2 aliphatic heterocycles. The third-order valence-corrected chi connectivity index (χ3v) is 6.45. The number of rotatable bonds is 6. The van der Waals surface area contributed by atoms with Crippen LogP contribution in [0.5, 0.6) is 23.0 Å². The molecule has 4 aromatic carbocycles. The normalized spacial score (nSPS) is 12.7. The van der Waals surface area contributed by atoms with Crippen molar-refractivity contribution in [2.24, 2.45) is 0 Å². The Balaban J connectivity index is 0.000000280. The van der Waals surface area contributed by atoms with Crippen molar-refractivity contribution in [3.8, 4) is 23.0 Å². The van der Waals surface area contributed by atoms with E-state index in [1.54, 1.807) is 54.6 Å². The minimum Gasteiger partial charge on any atom is -0.453 e. The lowest BCUT2D eigenvalue weighted by atomic mass is 10.0. The highest BCUT2D eigenvalue weighted by Crippen LogP contribution is 2.39. The maximum absolute atomic E-state index is 13.3. The van der Waals surface area contributed by atoms with E-state index < -0.39 is 0 Å². The number of hydrogen-bond donors (Lipinski definition) is 4. The molecule has 0 saturated heterocycles. The molecule has 2 heterocycles. The van der Waals surface area contributed by atoms with E-state index in [0.717, 1.165) is 11.1 Å². The van der Waals surface area contributed by atoms with Crippen LogP contribution < -0.4 is 31.6 Å². The zero-order valence-corrected chi connectivity index (χ0v) is 24.9. The van der Waals surface area contributed by atoms with Crippen molar-refractivity contribution in [2.45, 2.75) is 13.8 Å². The number of carbonyl (C=O) groups excluding carboxylic acids is 5. The molecule has 4 amide bonds. The summed E-state index contributed by atoms with van der Waals surface area (Å²) in [7, 11) is 0. The number of nitrogen functional groups attached to an aromatic ring is 2. The van der Waals surface area contributed by atoms with Crippen LogP contribution in [0.15, 0.2) is 109 Å². The van der Waals surface area contributed by atoms with E-state index >= 15 is 0 Å². The number of imide groups is 2. The van der Waals surface area contributed by atoms with Crippen LogP contribution in [0.2, 0.25) is 0 Å². The first-order chi connectivity index (χ1) is 22.0. The monoisotopic (exact) mass is 618 g/mol. The van der Waals surface area contributed by atoms with Gasteiger partial charge in [0.15, 0.2) is 17.3 Å². The summed E-state index contributed by atoms with van der Waals surface area (Å²) in [6.07, 6.45) is 4.79. The molecule has 0 atom stereocenters. The van der Waals surface area contributed by atoms with Crippen molar-refractivity contribution in [1.29, 1.82) is 0 Å². The molecule has 0 fully saturated rings. The first-order valence-corrected chi connectivity index (χ1v) is 13.9. The number of amides is 4. The van der Waals surface area contributed by atoms with E-state index in [1.807, 2.05) is 54.8 Å². The molecule has 11 heteroatoms. The lowest BCUT2D eigenvalue weighted by Crippen LogP contribution is -2.19. The van der Waals surface area contributed by atoms with Crippen molar-refractivity contribution >= 4 is 40.8 Å². The highest BCUT2D eigenvalue weighted by Gasteiger charge is 2.20. The summed E-state index contributed by atoms with van der Waals surface area (Å²) in [5.41, 5.74) is 16.0. The Morgan fingerprint density at radius 3 is 1.50 bits per heavy atom. The fraction of sp³-hybridized carbons (Fsp3) is 0.0571. The summed E-state index contributed by atoms with van der Waals surface area (Å²) in [5, 5.41) is 4.06. The number of para-hydroxylation sites is 1. The molecule has 11 nitrogen and oxygen atoms in total. The molecule has 46 heavy (non-hydrogen) atoms. The number of nitrogens with one attached hydrogen (secondary N) is 2. The van der Waals surface area contributed by atoms with Crippen LogP contribution >= 0.6 is 0 Å². The van der Waals surface area contributed by atoms with Gasteiger partial charge in [-0.25, -0.2) is 0 Å². The zero-order valence-electron chi connectivity index (χ0n) is 24.9. The van der Waals surface area contributed by atoms with E-state index in [0.29, 0.717) is 45.5 Å². The molecule has 2 aliphatic rings. The second kappa shape index (κ2) is 14.8. The van der Waals surface area contributed by atoms with Crippen molar-refractivity contribution < 1.29 is 33.4 Å². The molecule has 0 radical (unpaired) electrons. The maximum atomic E-state index is 13.3. The highest BCUT2D eigenvalue weighted by molar-refractivity contribution is 6.13. The topological polar surface area (TPSA) is 180 Å². The van der Waals surface area contributed by atoms with E-state index in [4.69, 9.17) is 20.9 Å². The van der Waals surface area contributed by atoms with E-state index in [1.165, 1.54) is 24.3 Å². The summed E-state index contributed by atoms with van der Waals surface area (Å²) >= 11 is 0.